The number of hydrogen-bond acceptors (Lipinski definition) is 5. The minimum absolute atomic E-state index is 0.379. The van der Waals surface area contributed by atoms with Crippen LogP contribution in [-0.4, -0.2) is 40.0 Å². The molecule has 122 valence electrons. The molecule has 0 spiro atoms. The second kappa shape index (κ2) is 8.12. The van der Waals surface area contributed by atoms with Crippen LogP contribution in [0.15, 0.2) is 30.3 Å². The van der Waals surface area contributed by atoms with E-state index in [2.05, 4.69) is 10.3 Å². The molecule has 0 aliphatic rings. The predicted molar refractivity (Wildman–Crippen MR) is 94.2 cm³/mol. The molecule has 0 saturated heterocycles. The number of thiazole rings is 1. The molecule has 0 radical (unpaired) electrons. The van der Waals surface area contributed by atoms with Crippen LogP contribution in [0.2, 0.25) is 0 Å². The van der Waals surface area contributed by atoms with Gasteiger partial charge in [-0.2, -0.15) is 11.8 Å². The summed E-state index contributed by atoms with van der Waals surface area (Å²) in [6.07, 6.45) is 2.30. The van der Waals surface area contributed by atoms with Gasteiger partial charge < -0.3 is 10.4 Å². The topological polar surface area (TPSA) is 79.3 Å². The first kappa shape index (κ1) is 17.5. The third-order valence-corrected chi connectivity index (χ3v) is 5.09. The van der Waals surface area contributed by atoms with Crippen LogP contribution in [0.3, 0.4) is 0 Å². The number of carboxylic acid groups (broad SMARTS) is 1. The van der Waals surface area contributed by atoms with Gasteiger partial charge in [0.25, 0.3) is 5.91 Å². The molecule has 1 heterocycles. The van der Waals surface area contributed by atoms with Gasteiger partial charge in [-0.15, -0.1) is 11.3 Å². The Morgan fingerprint density at radius 2 is 2.04 bits per heavy atom. The van der Waals surface area contributed by atoms with Crippen molar-refractivity contribution in [2.24, 2.45) is 0 Å². The fourth-order valence-electron chi connectivity index (χ4n) is 2.03. The SMILES string of the molecule is CSCC[C@@H](NC(=O)c1sc(-c2ccccc2)nc1C)C(=O)O. The van der Waals surface area contributed by atoms with Crippen LogP contribution in [0, 0.1) is 6.92 Å². The Bertz CT molecular complexity index is 686. The molecule has 0 saturated carbocycles. The largest absolute Gasteiger partial charge is 0.480 e. The van der Waals surface area contributed by atoms with E-state index in [1.54, 1.807) is 18.7 Å². The average molecular weight is 350 g/mol. The highest BCUT2D eigenvalue weighted by atomic mass is 32.2. The van der Waals surface area contributed by atoms with Crippen molar-refractivity contribution in [1.82, 2.24) is 10.3 Å². The number of aryl methyl sites for hydroxylation is 1. The Labute approximate surface area is 143 Å². The van der Waals surface area contributed by atoms with Crippen molar-refractivity contribution in [1.29, 1.82) is 0 Å². The lowest BCUT2D eigenvalue weighted by Crippen LogP contribution is -2.41. The number of rotatable bonds is 7. The van der Waals surface area contributed by atoms with E-state index in [1.165, 1.54) is 11.3 Å². The number of benzene rings is 1. The molecular weight excluding hydrogens is 332 g/mol. The van der Waals surface area contributed by atoms with Crippen LogP contribution in [0.4, 0.5) is 0 Å². The van der Waals surface area contributed by atoms with E-state index < -0.39 is 12.0 Å². The average Bonchev–Trinajstić information content (AvgIpc) is 2.94. The monoisotopic (exact) mass is 350 g/mol. The summed E-state index contributed by atoms with van der Waals surface area (Å²) >= 11 is 2.83. The number of aromatic nitrogens is 1. The van der Waals surface area contributed by atoms with Crippen LogP contribution < -0.4 is 5.32 Å². The molecule has 0 unspecified atom stereocenters. The van der Waals surface area contributed by atoms with Crippen LogP contribution in [-0.2, 0) is 4.79 Å². The van der Waals surface area contributed by atoms with Crippen molar-refractivity contribution in [2.45, 2.75) is 19.4 Å². The molecule has 1 atom stereocenters. The van der Waals surface area contributed by atoms with E-state index >= 15 is 0 Å². The molecule has 2 aromatic rings. The fraction of sp³-hybridized carbons (Fsp3) is 0.312. The fourth-order valence-corrected chi connectivity index (χ4v) is 3.47. The molecule has 1 aromatic heterocycles. The first-order valence-electron chi connectivity index (χ1n) is 7.08. The Kier molecular flexibility index (Phi) is 6.18. The second-order valence-corrected chi connectivity index (χ2v) is 6.93. The van der Waals surface area contributed by atoms with Crippen LogP contribution in [0.25, 0.3) is 10.6 Å². The third-order valence-electron chi connectivity index (χ3n) is 3.24. The maximum Gasteiger partial charge on any atom is 0.326 e. The number of amides is 1. The molecule has 0 aliphatic carbocycles. The van der Waals surface area contributed by atoms with E-state index in [1.807, 2.05) is 36.6 Å². The van der Waals surface area contributed by atoms with Gasteiger partial charge in [0.15, 0.2) is 0 Å². The number of carbonyl (C=O) groups is 2. The van der Waals surface area contributed by atoms with Gasteiger partial charge in [0.1, 0.15) is 15.9 Å². The molecule has 1 aromatic carbocycles. The molecule has 2 rings (SSSR count). The number of thioether (sulfide) groups is 1. The standard InChI is InChI=1S/C16H18N2O3S2/c1-10-13(14(19)18-12(16(20)21)8-9-22-2)23-15(17-10)11-6-4-3-5-7-11/h3-7,12H,8-9H2,1-2H3,(H,18,19)(H,20,21)/t12-/m1/s1. The molecular formula is C16H18N2O3S2. The zero-order valence-electron chi connectivity index (χ0n) is 12.9. The van der Waals surface area contributed by atoms with Gasteiger partial charge >= 0.3 is 5.97 Å². The molecule has 23 heavy (non-hydrogen) atoms. The second-order valence-electron chi connectivity index (χ2n) is 4.95. The van der Waals surface area contributed by atoms with E-state index in [9.17, 15) is 14.7 Å². The Morgan fingerprint density at radius 1 is 1.35 bits per heavy atom. The molecule has 0 aliphatic heterocycles. The highest BCUT2D eigenvalue weighted by Crippen LogP contribution is 2.27. The molecule has 1 amide bonds. The summed E-state index contributed by atoms with van der Waals surface area (Å²) in [6.45, 7) is 1.76. The molecule has 0 bridgehead atoms. The van der Waals surface area contributed by atoms with Gasteiger partial charge in [-0.3, -0.25) is 4.79 Å². The normalized spacial score (nSPS) is 11.9. The van der Waals surface area contributed by atoms with Crippen molar-refractivity contribution < 1.29 is 14.7 Å². The van der Waals surface area contributed by atoms with Crippen LogP contribution in [0.5, 0.6) is 0 Å². The smallest absolute Gasteiger partial charge is 0.326 e. The van der Waals surface area contributed by atoms with E-state index in [-0.39, 0.29) is 5.91 Å². The zero-order chi connectivity index (χ0) is 16.8. The van der Waals surface area contributed by atoms with Gasteiger partial charge in [0, 0.05) is 5.56 Å². The number of carbonyl (C=O) groups excluding carboxylic acids is 1. The quantitative estimate of drug-likeness (QED) is 0.802. The van der Waals surface area contributed by atoms with Crippen molar-refractivity contribution in [3.63, 3.8) is 0 Å². The van der Waals surface area contributed by atoms with Crippen molar-refractivity contribution in [3.8, 4) is 10.6 Å². The third kappa shape index (κ3) is 4.56. The van der Waals surface area contributed by atoms with E-state index in [0.29, 0.717) is 22.7 Å². The molecule has 2 N–H and O–H groups in total. The van der Waals surface area contributed by atoms with Gasteiger partial charge in [-0.05, 0) is 25.4 Å². The Hall–Kier alpha value is -1.86. The summed E-state index contributed by atoms with van der Waals surface area (Å²) < 4.78 is 0. The van der Waals surface area contributed by atoms with Gasteiger partial charge in [0.05, 0.1) is 5.69 Å². The van der Waals surface area contributed by atoms with E-state index in [4.69, 9.17) is 0 Å². The minimum atomic E-state index is -1.02. The lowest BCUT2D eigenvalue weighted by molar-refractivity contribution is -0.139. The summed E-state index contributed by atoms with van der Waals surface area (Å²) in [5.41, 5.74) is 1.55. The van der Waals surface area contributed by atoms with Crippen molar-refractivity contribution in [3.05, 3.63) is 40.9 Å². The van der Waals surface area contributed by atoms with Crippen LogP contribution >= 0.6 is 23.1 Å². The first-order valence-corrected chi connectivity index (χ1v) is 9.29. The predicted octanol–water partition coefficient (Wildman–Crippen LogP) is 3.05. The summed E-state index contributed by atoms with van der Waals surface area (Å²) in [7, 11) is 0. The van der Waals surface area contributed by atoms with Gasteiger partial charge in [0.2, 0.25) is 0 Å². The lowest BCUT2D eigenvalue weighted by atomic mass is 10.2. The maximum atomic E-state index is 12.4. The first-order chi connectivity index (χ1) is 11.0. The highest BCUT2D eigenvalue weighted by Gasteiger charge is 2.23. The van der Waals surface area contributed by atoms with E-state index in [0.717, 1.165) is 10.6 Å². The van der Waals surface area contributed by atoms with Crippen LogP contribution in [0.1, 0.15) is 21.8 Å². The summed E-state index contributed by atoms with van der Waals surface area (Å²) in [5.74, 6) is -0.720. The number of carboxylic acids is 1. The highest BCUT2D eigenvalue weighted by molar-refractivity contribution is 7.98. The number of nitrogens with one attached hydrogen (secondary N) is 1. The summed E-state index contributed by atoms with van der Waals surface area (Å²) in [6, 6.07) is 8.72. The number of nitrogens with zero attached hydrogens (tertiary/aromatic N) is 1. The zero-order valence-corrected chi connectivity index (χ0v) is 14.5. The Morgan fingerprint density at radius 3 is 2.65 bits per heavy atom. The number of hydrogen-bond donors (Lipinski definition) is 2. The number of aliphatic carboxylic acids is 1. The Balaban J connectivity index is 2.16. The summed E-state index contributed by atoms with van der Waals surface area (Å²) in [4.78, 5) is 28.5. The van der Waals surface area contributed by atoms with Gasteiger partial charge in [-0.1, -0.05) is 30.3 Å². The maximum absolute atomic E-state index is 12.4. The van der Waals surface area contributed by atoms with Crippen molar-refractivity contribution >= 4 is 35.0 Å². The molecule has 5 nitrogen and oxygen atoms in total. The van der Waals surface area contributed by atoms with Gasteiger partial charge in [-0.25, -0.2) is 9.78 Å². The molecule has 7 heteroatoms. The van der Waals surface area contributed by atoms with Crippen molar-refractivity contribution in [2.75, 3.05) is 12.0 Å². The lowest BCUT2D eigenvalue weighted by Gasteiger charge is -2.13. The molecule has 0 fully saturated rings. The minimum Gasteiger partial charge on any atom is -0.480 e. The summed E-state index contributed by atoms with van der Waals surface area (Å²) in [5, 5.41) is 12.6.